The monoisotopic (exact) mass is 303 g/mol. The number of sulfonamides is 1. The molecule has 0 unspecified atom stereocenters. The molecular weight excluding hydrogens is 290 g/mol. The van der Waals surface area contributed by atoms with Crippen LogP contribution in [-0.2, 0) is 10.0 Å². The lowest BCUT2D eigenvalue weighted by molar-refractivity contribution is 0.583. The Hall–Kier alpha value is -1.41. The summed E-state index contributed by atoms with van der Waals surface area (Å²) < 4.78 is 26.4. The smallest absolute Gasteiger partial charge is 0.255 e. The molecule has 0 saturated heterocycles. The lowest BCUT2D eigenvalue weighted by Crippen LogP contribution is -2.29. The molecule has 1 aromatic carbocycles. The van der Waals surface area contributed by atoms with Gasteiger partial charge >= 0.3 is 0 Å². The molecule has 104 valence electrons. The van der Waals surface area contributed by atoms with E-state index in [1.54, 1.807) is 12.1 Å². The molecule has 0 aliphatic carbocycles. The van der Waals surface area contributed by atoms with E-state index in [0.29, 0.717) is 10.8 Å². The second-order valence-electron chi connectivity index (χ2n) is 3.71. The van der Waals surface area contributed by atoms with Crippen LogP contribution < -0.4 is 16.0 Å². The molecule has 8 heteroatoms. The van der Waals surface area contributed by atoms with Gasteiger partial charge in [-0.2, -0.15) is 0 Å². The largest absolute Gasteiger partial charge is 0.329 e. The van der Waals surface area contributed by atoms with Gasteiger partial charge in [0.1, 0.15) is 0 Å². The number of fused-ring (bicyclic) bond motifs is 1. The fourth-order valence-corrected chi connectivity index (χ4v) is 2.97. The number of nitrogens with two attached hydrogens (primary N) is 1. The quantitative estimate of drug-likeness (QED) is 0.749. The molecule has 1 heterocycles. The maximum atomic E-state index is 12.0. The topological polar surface area (TPSA) is 105 Å². The van der Waals surface area contributed by atoms with Crippen LogP contribution in [0.25, 0.3) is 10.8 Å². The summed E-state index contributed by atoms with van der Waals surface area (Å²) in [6, 6.07) is 6.14. The number of rotatable bonds is 4. The van der Waals surface area contributed by atoms with E-state index in [9.17, 15) is 13.2 Å². The Balaban J connectivity index is 0.00000180. The fourth-order valence-electron chi connectivity index (χ4n) is 1.70. The van der Waals surface area contributed by atoms with Crippen molar-refractivity contribution in [2.24, 2.45) is 5.73 Å². The van der Waals surface area contributed by atoms with Crippen LogP contribution in [0.2, 0.25) is 0 Å². The van der Waals surface area contributed by atoms with Gasteiger partial charge in [0.05, 0.1) is 4.90 Å². The van der Waals surface area contributed by atoms with Crippen molar-refractivity contribution in [1.29, 1.82) is 0 Å². The van der Waals surface area contributed by atoms with Gasteiger partial charge in [0.15, 0.2) is 0 Å². The highest BCUT2D eigenvalue weighted by Crippen LogP contribution is 2.19. The van der Waals surface area contributed by atoms with Gasteiger partial charge in [0, 0.05) is 30.1 Å². The van der Waals surface area contributed by atoms with E-state index in [-0.39, 0.29) is 36.0 Å². The number of benzene rings is 1. The third-order valence-corrected chi connectivity index (χ3v) is 4.02. The van der Waals surface area contributed by atoms with Crippen LogP contribution in [-0.4, -0.2) is 26.5 Å². The van der Waals surface area contributed by atoms with Crippen LogP contribution in [0.1, 0.15) is 0 Å². The zero-order chi connectivity index (χ0) is 13.2. The zero-order valence-corrected chi connectivity index (χ0v) is 11.6. The van der Waals surface area contributed by atoms with Crippen molar-refractivity contribution in [1.82, 2.24) is 9.71 Å². The van der Waals surface area contributed by atoms with E-state index in [0.717, 1.165) is 0 Å². The maximum Gasteiger partial charge on any atom is 0.255 e. The summed E-state index contributed by atoms with van der Waals surface area (Å²) in [5.74, 6) is 0. The number of aromatic nitrogens is 1. The molecule has 0 saturated carbocycles. The van der Waals surface area contributed by atoms with Crippen molar-refractivity contribution in [2.45, 2.75) is 4.90 Å². The Kier molecular flexibility index (Phi) is 5.07. The summed E-state index contributed by atoms with van der Waals surface area (Å²) in [4.78, 5) is 14.2. The minimum absolute atomic E-state index is 0. The molecule has 2 rings (SSSR count). The number of H-pyrrole nitrogens is 1. The average Bonchev–Trinajstić information content (AvgIpc) is 2.36. The van der Waals surface area contributed by atoms with Gasteiger partial charge in [-0.3, -0.25) is 4.79 Å². The average molecular weight is 304 g/mol. The third-order valence-electron chi connectivity index (χ3n) is 2.50. The normalized spacial score (nSPS) is 11.2. The van der Waals surface area contributed by atoms with Crippen LogP contribution in [0.5, 0.6) is 0 Å². The Morgan fingerprint density at radius 1 is 1.21 bits per heavy atom. The van der Waals surface area contributed by atoms with Crippen LogP contribution in [0.15, 0.2) is 40.2 Å². The summed E-state index contributed by atoms with van der Waals surface area (Å²) in [7, 11) is -3.65. The highest BCUT2D eigenvalue weighted by Gasteiger charge is 2.16. The SMILES string of the molecule is Cl.NCCNS(=O)(=O)c1cccc2c(=O)[nH]ccc12. The molecular formula is C11H14ClN3O3S. The van der Waals surface area contributed by atoms with Crippen LogP contribution in [0.4, 0.5) is 0 Å². The highest BCUT2D eigenvalue weighted by molar-refractivity contribution is 7.89. The molecule has 2 aromatic rings. The third kappa shape index (κ3) is 3.13. The molecule has 4 N–H and O–H groups in total. The van der Waals surface area contributed by atoms with Crippen LogP contribution in [0, 0.1) is 0 Å². The number of nitrogens with one attached hydrogen (secondary N) is 2. The predicted molar refractivity (Wildman–Crippen MR) is 76.1 cm³/mol. The van der Waals surface area contributed by atoms with Gasteiger partial charge in [-0.15, -0.1) is 12.4 Å². The summed E-state index contributed by atoms with van der Waals surface area (Å²) in [6.07, 6.45) is 1.42. The molecule has 6 nitrogen and oxygen atoms in total. The summed E-state index contributed by atoms with van der Waals surface area (Å²) in [6.45, 7) is 0.368. The van der Waals surface area contributed by atoms with Gasteiger partial charge in [-0.1, -0.05) is 6.07 Å². The van der Waals surface area contributed by atoms with Crippen molar-refractivity contribution >= 4 is 33.2 Å². The zero-order valence-electron chi connectivity index (χ0n) is 9.92. The first-order valence-corrected chi connectivity index (χ1v) is 6.85. The van der Waals surface area contributed by atoms with E-state index in [1.807, 2.05) is 0 Å². The molecule has 0 spiro atoms. The van der Waals surface area contributed by atoms with Crippen molar-refractivity contribution in [3.8, 4) is 0 Å². The van der Waals surface area contributed by atoms with E-state index in [1.165, 1.54) is 18.3 Å². The fraction of sp³-hybridized carbons (Fsp3) is 0.182. The van der Waals surface area contributed by atoms with Crippen LogP contribution in [0.3, 0.4) is 0 Å². The highest BCUT2D eigenvalue weighted by atomic mass is 35.5. The summed E-state index contributed by atoms with van der Waals surface area (Å²) in [5.41, 5.74) is 4.95. The standard InChI is InChI=1S/C11H13N3O3S.ClH/c12-5-7-14-18(16,17)10-3-1-2-9-8(10)4-6-13-11(9)15;/h1-4,6,14H,5,7,12H2,(H,13,15);1H. The number of aromatic amines is 1. The predicted octanol–water partition coefficient (Wildman–Crippen LogP) is 0.187. The van der Waals surface area contributed by atoms with E-state index >= 15 is 0 Å². The summed E-state index contributed by atoms with van der Waals surface area (Å²) >= 11 is 0. The minimum atomic E-state index is -3.65. The summed E-state index contributed by atoms with van der Waals surface area (Å²) in [5, 5.41) is 0.735. The molecule has 0 aliphatic heterocycles. The van der Waals surface area contributed by atoms with Gasteiger partial charge in [0.25, 0.3) is 5.56 Å². The molecule has 0 bridgehead atoms. The van der Waals surface area contributed by atoms with E-state index in [2.05, 4.69) is 9.71 Å². The molecule has 19 heavy (non-hydrogen) atoms. The van der Waals surface area contributed by atoms with Gasteiger partial charge < -0.3 is 10.7 Å². The van der Waals surface area contributed by atoms with E-state index < -0.39 is 10.0 Å². The number of hydrogen-bond donors (Lipinski definition) is 3. The molecule has 0 aliphatic rings. The first-order valence-electron chi connectivity index (χ1n) is 5.36. The maximum absolute atomic E-state index is 12.0. The van der Waals surface area contributed by atoms with Gasteiger partial charge in [-0.05, 0) is 18.2 Å². The number of pyridine rings is 1. The second-order valence-corrected chi connectivity index (χ2v) is 5.45. The number of hydrogen-bond acceptors (Lipinski definition) is 4. The Bertz CT molecular complexity index is 727. The first-order chi connectivity index (χ1) is 8.56. The van der Waals surface area contributed by atoms with Crippen molar-refractivity contribution in [3.05, 3.63) is 40.8 Å². The molecule has 1 aromatic heterocycles. The molecule has 0 atom stereocenters. The minimum Gasteiger partial charge on any atom is -0.329 e. The second kappa shape index (κ2) is 6.16. The Labute approximate surface area is 116 Å². The molecule has 0 fully saturated rings. The van der Waals surface area contributed by atoms with Gasteiger partial charge in [-0.25, -0.2) is 13.1 Å². The van der Waals surface area contributed by atoms with Crippen molar-refractivity contribution in [3.63, 3.8) is 0 Å². The van der Waals surface area contributed by atoms with Crippen molar-refractivity contribution in [2.75, 3.05) is 13.1 Å². The lowest BCUT2D eigenvalue weighted by Gasteiger charge is -2.08. The number of halogens is 1. The van der Waals surface area contributed by atoms with E-state index in [4.69, 9.17) is 5.73 Å². The van der Waals surface area contributed by atoms with Gasteiger partial charge in [0.2, 0.25) is 10.0 Å². The first kappa shape index (κ1) is 15.6. The Morgan fingerprint density at radius 2 is 1.95 bits per heavy atom. The Morgan fingerprint density at radius 3 is 2.63 bits per heavy atom. The lowest BCUT2D eigenvalue weighted by atomic mass is 10.2. The van der Waals surface area contributed by atoms with Crippen molar-refractivity contribution < 1.29 is 8.42 Å². The van der Waals surface area contributed by atoms with Crippen LogP contribution >= 0.6 is 12.4 Å². The molecule has 0 amide bonds. The molecule has 0 radical (unpaired) electrons.